The quantitative estimate of drug-likeness (QED) is 0.577. The number of hydrogen-bond donors (Lipinski definition) is 2. The highest BCUT2D eigenvalue weighted by Gasteiger charge is 2.27. The van der Waals surface area contributed by atoms with Gasteiger partial charge in [-0.2, -0.15) is 0 Å². The fraction of sp³-hybridized carbons (Fsp3) is 0.409. The van der Waals surface area contributed by atoms with Gasteiger partial charge in [0.1, 0.15) is 0 Å². The molecule has 0 aromatic heterocycles. The highest BCUT2D eigenvalue weighted by atomic mass is 32.2. The number of aryl methyl sites for hydroxylation is 1. The molecule has 1 heterocycles. The summed E-state index contributed by atoms with van der Waals surface area (Å²) in [6, 6.07) is 10.6. The van der Waals surface area contributed by atoms with Gasteiger partial charge >= 0.3 is 5.97 Å². The van der Waals surface area contributed by atoms with Gasteiger partial charge in [0.25, 0.3) is 10.0 Å². The van der Waals surface area contributed by atoms with E-state index < -0.39 is 31.9 Å². The van der Waals surface area contributed by atoms with E-state index >= 15 is 0 Å². The molecule has 1 aliphatic rings. The predicted molar refractivity (Wildman–Crippen MR) is 127 cm³/mol. The number of carbonyl (C=O) groups is 1. The summed E-state index contributed by atoms with van der Waals surface area (Å²) in [5.74, 6) is -1.20. The van der Waals surface area contributed by atoms with Crippen LogP contribution in [0, 0.1) is 5.92 Å². The molecule has 0 saturated carbocycles. The van der Waals surface area contributed by atoms with Crippen molar-refractivity contribution in [2.75, 3.05) is 36.8 Å². The maximum atomic E-state index is 13.1. The molecule has 1 fully saturated rings. The Morgan fingerprint density at radius 2 is 1.61 bits per heavy atom. The number of hydrogen-bond acceptors (Lipinski definition) is 6. The van der Waals surface area contributed by atoms with Crippen molar-refractivity contribution in [2.24, 2.45) is 5.92 Å². The molecule has 180 valence electrons. The molecule has 3 rings (SSSR count). The summed E-state index contributed by atoms with van der Waals surface area (Å²) in [5, 5.41) is 9.25. The minimum absolute atomic E-state index is 0.00132. The smallest absolute Gasteiger partial charge is 0.306 e. The molecule has 9 nitrogen and oxygen atoms in total. The molecule has 0 amide bonds. The molecule has 2 N–H and O–H groups in total. The number of benzene rings is 2. The number of rotatable bonds is 8. The predicted octanol–water partition coefficient (Wildman–Crippen LogP) is 2.60. The van der Waals surface area contributed by atoms with Crippen LogP contribution in [0.15, 0.2) is 52.3 Å². The van der Waals surface area contributed by atoms with Gasteiger partial charge in [0.15, 0.2) is 0 Å². The summed E-state index contributed by atoms with van der Waals surface area (Å²) in [4.78, 5) is 13.2. The van der Waals surface area contributed by atoms with Crippen LogP contribution in [0.5, 0.6) is 0 Å². The Hall–Kier alpha value is -2.63. The summed E-state index contributed by atoms with van der Waals surface area (Å²) < 4.78 is 54.4. The average Bonchev–Trinajstić information content (AvgIpc) is 2.78. The number of piperidine rings is 1. The SMILES string of the molecule is CCc1ccc(N2CCC(C(=O)O)CC2)c(NS(=O)(=O)c2ccc(S(=O)(=O)N(C)C)cc2)c1. The van der Waals surface area contributed by atoms with E-state index in [4.69, 9.17) is 0 Å². The van der Waals surface area contributed by atoms with Crippen LogP contribution in [0.2, 0.25) is 0 Å². The largest absolute Gasteiger partial charge is 0.481 e. The standard InChI is InChI=1S/C22H29N3O6S2/c1-4-16-5-10-21(25-13-11-17(12-14-25)22(26)27)20(15-16)23-32(28,29)18-6-8-19(9-7-18)33(30,31)24(2)3/h5-10,15,17,23H,4,11-14H2,1-3H3,(H,26,27). The summed E-state index contributed by atoms with van der Waals surface area (Å²) in [6.45, 7) is 2.98. The van der Waals surface area contributed by atoms with Crippen LogP contribution in [0.3, 0.4) is 0 Å². The molecule has 0 aliphatic carbocycles. The van der Waals surface area contributed by atoms with Crippen LogP contribution in [0.25, 0.3) is 0 Å². The number of nitrogens with one attached hydrogen (secondary N) is 1. The molecular weight excluding hydrogens is 466 g/mol. The first kappa shape index (κ1) is 25.0. The number of nitrogens with zero attached hydrogens (tertiary/aromatic N) is 2. The lowest BCUT2D eigenvalue weighted by Crippen LogP contribution is -2.36. The molecule has 1 saturated heterocycles. The third kappa shape index (κ3) is 5.48. The third-order valence-corrected chi connectivity index (χ3v) is 9.02. The molecule has 1 aliphatic heterocycles. The fourth-order valence-electron chi connectivity index (χ4n) is 3.73. The zero-order valence-corrected chi connectivity index (χ0v) is 20.5. The Morgan fingerprint density at radius 1 is 1.03 bits per heavy atom. The lowest BCUT2D eigenvalue weighted by molar-refractivity contribution is -0.142. The van der Waals surface area contributed by atoms with Gasteiger partial charge in [-0.15, -0.1) is 0 Å². The minimum Gasteiger partial charge on any atom is -0.481 e. The van der Waals surface area contributed by atoms with Crippen LogP contribution < -0.4 is 9.62 Å². The molecular formula is C22H29N3O6S2. The van der Waals surface area contributed by atoms with E-state index in [0.717, 1.165) is 9.87 Å². The number of anilines is 2. The molecule has 0 bridgehead atoms. The lowest BCUT2D eigenvalue weighted by atomic mass is 9.96. The van der Waals surface area contributed by atoms with Gasteiger partial charge < -0.3 is 10.0 Å². The van der Waals surface area contributed by atoms with Gasteiger partial charge in [-0.1, -0.05) is 13.0 Å². The highest BCUT2D eigenvalue weighted by molar-refractivity contribution is 7.92. The van der Waals surface area contributed by atoms with Gasteiger partial charge in [-0.05, 0) is 61.2 Å². The Balaban J connectivity index is 1.89. The van der Waals surface area contributed by atoms with Crippen LogP contribution >= 0.6 is 0 Å². The van der Waals surface area contributed by atoms with Crippen molar-refractivity contribution >= 4 is 37.4 Å². The number of carboxylic acids is 1. The van der Waals surface area contributed by atoms with E-state index in [9.17, 15) is 26.7 Å². The molecule has 2 aromatic rings. The number of carboxylic acid groups (broad SMARTS) is 1. The van der Waals surface area contributed by atoms with Crippen LogP contribution in [0.1, 0.15) is 25.3 Å². The first-order valence-corrected chi connectivity index (χ1v) is 13.5. The molecule has 33 heavy (non-hydrogen) atoms. The average molecular weight is 496 g/mol. The van der Waals surface area contributed by atoms with Gasteiger partial charge in [-0.3, -0.25) is 9.52 Å². The van der Waals surface area contributed by atoms with Gasteiger partial charge in [0, 0.05) is 27.2 Å². The zero-order chi connectivity index (χ0) is 24.4. The monoisotopic (exact) mass is 495 g/mol. The normalized spacial score (nSPS) is 15.6. The Bertz CT molecular complexity index is 1220. The van der Waals surface area contributed by atoms with Crippen LogP contribution in [-0.4, -0.2) is 59.4 Å². The summed E-state index contributed by atoms with van der Waals surface area (Å²) in [5.41, 5.74) is 2.05. The highest BCUT2D eigenvalue weighted by Crippen LogP contribution is 2.33. The van der Waals surface area contributed by atoms with Crippen LogP contribution in [0.4, 0.5) is 11.4 Å². The van der Waals surface area contributed by atoms with Gasteiger partial charge in [0.05, 0.1) is 27.1 Å². The van der Waals surface area contributed by atoms with E-state index in [2.05, 4.69) is 4.72 Å². The first-order valence-electron chi connectivity index (χ1n) is 10.6. The van der Waals surface area contributed by atoms with Crippen molar-refractivity contribution < 1.29 is 26.7 Å². The third-order valence-electron chi connectivity index (χ3n) is 5.81. The van der Waals surface area contributed by atoms with Crippen molar-refractivity contribution in [3.8, 4) is 0 Å². The summed E-state index contributed by atoms with van der Waals surface area (Å²) in [7, 11) is -4.84. The number of sulfonamides is 2. The fourth-order valence-corrected chi connectivity index (χ4v) is 5.70. The molecule has 0 atom stereocenters. The van der Waals surface area contributed by atoms with Crippen molar-refractivity contribution in [3.05, 3.63) is 48.0 Å². The van der Waals surface area contributed by atoms with Crippen molar-refractivity contribution in [1.82, 2.24) is 4.31 Å². The zero-order valence-electron chi connectivity index (χ0n) is 18.9. The topological polar surface area (TPSA) is 124 Å². The first-order chi connectivity index (χ1) is 15.5. The second kappa shape index (κ2) is 9.70. The molecule has 2 aromatic carbocycles. The molecule has 0 spiro atoms. The van der Waals surface area contributed by atoms with E-state index in [1.807, 2.05) is 24.0 Å². The Morgan fingerprint density at radius 3 is 2.12 bits per heavy atom. The lowest BCUT2D eigenvalue weighted by Gasteiger charge is -2.33. The van der Waals surface area contributed by atoms with Crippen LogP contribution in [-0.2, 0) is 31.3 Å². The van der Waals surface area contributed by atoms with Gasteiger partial charge in [0.2, 0.25) is 10.0 Å². The van der Waals surface area contributed by atoms with E-state index in [0.29, 0.717) is 43.7 Å². The molecule has 0 radical (unpaired) electrons. The summed E-state index contributed by atoms with van der Waals surface area (Å²) >= 11 is 0. The summed E-state index contributed by atoms with van der Waals surface area (Å²) in [6.07, 6.45) is 1.69. The van der Waals surface area contributed by atoms with Crippen molar-refractivity contribution in [2.45, 2.75) is 36.0 Å². The second-order valence-electron chi connectivity index (χ2n) is 8.17. The Kier molecular flexibility index (Phi) is 7.35. The van der Waals surface area contributed by atoms with Crippen molar-refractivity contribution in [1.29, 1.82) is 0 Å². The van der Waals surface area contributed by atoms with Crippen molar-refractivity contribution in [3.63, 3.8) is 0 Å². The van der Waals surface area contributed by atoms with E-state index in [1.165, 1.54) is 38.4 Å². The maximum absolute atomic E-state index is 13.1. The van der Waals surface area contributed by atoms with E-state index in [1.54, 1.807) is 6.07 Å². The van der Waals surface area contributed by atoms with Gasteiger partial charge in [-0.25, -0.2) is 21.1 Å². The maximum Gasteiger partial charge on any atom is 0.306 e. The molecule has 0 unspecified atom stereocenters. The van der Waals surface area contributed by atoms with E-state index in [-0.39, 0.29) is 9.79 Å². The number of aliphatic carboxylic acids is 1. The Labute approximate surface area is 195 Å². The molecule has 11 heteroatoms. The second-order valence-corrected chi connectivity index (χ2v) is 12.0. The minimum atomic E-state index is -3.99.